The van der Waals surface area contributed by atoms with Gasteiger partial charge < -0.3 is 0 Å². The lowest BCUT2D eigenvalue weighted by Crippen LogP contribution is -1.98. The molecule has 47 heavy (non-hydrogen) atoms. The van der Waals surface area contributed by atoms with Crippen molar-refractivity contribution in [1.29, 1.82) is 0 Å². The van der Waals surface area contributed by atoms with E-state index in [2.05, 4.69) is 4.85 Å². The summed E-state index contributed by atoms with van der Waals surface area (Å²) in [5.41, 5.74) is 7.35. The Balaban J connectivity index is 1.43. The lowest BCUT2D eigenvalue weighted by molar-refractivity contribution is 0.448. The van der Waals surface area contributed by atoms with Crippen molar-refractivity contribution in [3.63, 3.8) is 0 Å². The van der Waals surface area contributed by atoms with Gasteiger partial charge in [-0.15, -0.1) is 0 Å². The molecule has 0 bridgehead atoms. The Labute approximate surface area is 267 Å². The first kappa shape index (κ1) is 28.1. The van der Waals surface area contributed by atoms with Gasteiger partial charge in [0.1, 0.15) is 0 Å². The third-order valence-corrected chi connectivity index (χ3v) is 8.28. The van der Waals surface area contributed by atoms with E-state index in [1.165, 1.54) is 0 Å². The lowest BCUT2D eigenvalue weighted by Gasteiger charge is -2.16. The highest BCUT2D eigenvalue weighted by Gasteiger charge is 2.21. The average molecular weight is 615 g/mol. The van der Waals surface area contributed by atoms with E-state index >= 15 is 0 Å². The zero-order valence-corrected chi connectivity index (χ0v) is 24.5. The molecule has 0 N–H and O–H groups in total. The fraction of sp³-hybridized carbons (Fsp3) is 0. The summed E-state index contributed by atoms with van der Waals surface area (Å²) in [4.78, 5) is 19.3. The topological polar surface area (TPSA) is 43.0 Å². The van der Waals surface area contributed by atoms with E-state index in [0.29, 0.717) is 39.4 Å². The van der Waals surface area contributed by atoms with Crippen LogP contribution in [-0.4, -0.2) is 15.0 Å². The lowest BCUT2D eigenvalue weighted by atomic mass is 9.95. The largest absolute Gasteiger partial charge is 0.255 e. The van der Waals surface area contributed by atoms with Crippen LogP contribution < -0.4 is 0 Å². The molecule has 0 radical (unpaired) electrons. The van der Waals surface area contributed by atoms with Crippen molar-refractivity contribution in [2.45, 2.75) is 0 Å². The molecule has 8 rings (SSSR count). The highest BCUT2D eigenvalue weighted by molar-refractivity contribution is 6.23. The molecule has 0 saturated heterocycles. The number of hydrogen-bond donors (Lipinski definition) is 0. The SMILES string of the molecule is [C-]#[N+]c1cc2c(-c3ccc(-c4cc(F)c(F)c(F)c4)cc3)nc3ccccc3c2c2nc(-c3ccccc3)c(-c3ccccc3)nc12. The molecular formula is C40H21F3N4. The molecule has 6 aromatic carbocycles. The van der Waals surface area contributed by atoms with Crippen molar-refractivity contribution < 1.29 is 13.2 Å². The summed E-state index contributed by atoms with van der Waals surface area (Å²) in [7, 11) is 0. The quantitative estimate of drug-likeness (QED) is 0.113. The van der Waals surface area contributed by atoms with Crippen molar-refractivity contribution in [2.75, 3.05) is 0 Å². The number of para-hydroxylation sites is 1. The van der Waals surface area contributed by atoms with E-state index in [0.717, 1.165) is 50.5 Å². The molecule has 0 aliphatic carbocycles. The maximum Gasteiger partial charge on any atom is 0.215 e. The van der Waals surface area contributed by atoms with Crippen molar-refractivity contribution in [3.05, 3.63) is 156 Å². The number of fused-ring (bicyclic) bond motifs is 5. The van der Waals surface area contributed by atoms with Gasteiger partial charge in [-0.05, 0) is 35.4 Å². The number of pyridine rings is 1. The average Bonchev–Trinajstić information content (AvgIpc) is 3.13. The molecule has 0 saturated carbocycles. The minimum absolute atomic E-state index is 0.212. The fourth-order valence-corrected chi connectivity index (χ4v) is 6.06. The molecule has 0 spiro atoms. The summed E-state index contributed by atoms with van der Waals surface area (Å²) >= 11 is 0. The van der Waals surface area contributed by atoms with E-state index in [1.807, 2.05) is 91.0 Å². The molecule has 2 aromatic heterocycles. The van der Waals surface area contributed by atoms with Crippen molar-refractivity contribution >= 4 is 38.4 Å². The Morgan fingerprint density at radius 2 is 1.00 bits per heavy atom. The molecule has 0 unspecified atom stereocenters. The Morgan fingerprint density at radius 1 is 0.468 bits per heavy atom. The van der Waals surface area contributed by atoms with Crippen LogP contribution in [0.2, 0.25) is 0 Å². The zero-order chi connectivity index (χ0) is 32.1. The van der Waals surface area contributed by atoms with Crippen LogP contribution in [0.15, 0.2) is 127 Å². The highest BCUT2D eigenvalue weighted by Crippen LogP contribution is 2.42. The van der Waals surface area contributed by atoms with Crippen LogP contribution in [-0.2, 0) is 0 Å². The van der Waals surface area contributed by atoms with Crippen molar-refractivity contribution in [2.24, 2.45) is 0 Å². The number of nitrogens with zero attached hydrogens (tertiary/aromatic N) is 4. The van der Waals surface area contributed by atoms with Crippen LogP contribution in [0, 0.1) is 24.0 Å². The molecule has 0 aliphatic rings. The maximum atomic E-state index is 14.0. The van der Waals surface area contributed by atoms with E-state index in [9.17, 15) is 13.2 Å². The van der Waals surface area contributed by atoms with E-state index in [-0.39, 0.29) is 5.56 Å². The van der Waals surface area contributed by atoms with Crippen LogP contribution in [0.1, 0.15) is 0 Å². The fourth-order valence-electron chi connectivity index (χ4n) is 6.06. The Kier molecular flexibility index (Phi) is 6.70. The predicted octanol–water partition coefficient (Wildman–Crippen LogP) is 11.0. The second kappa shape index (κ2) is 11.2. The van der Waals surface area contributed by atoms with Gasteiger partial charge in [0.2, 0.25) is 5.69 Å². The summed E-state index contributed by atoms with van der Waals surface area (Å²) in [6.45, 7) is 8.15. The van der Waals surface area contributed by atoms with Crippen LogP contribution in [0.25, 0.3) is 82.5 Å². The second-order valence-electron chi connectivity index (χ2n) is 11.1. The van der Waals surface area contributed by atoms with Crippen molar-refractivity contribution in [3.8, 4) is 44.9 Å². The molecule has 7 heteroatoms. The number of hydrogen-bond acceptors (Lipinski definition) is 3. The van der Waals surface area contributed by atoms with Gasteiger partial charge in [-0.1, -0.05) is 103 Å². The van der Waals surface area contributed by atoms with Crippen LogP contribution in [0.3, 0.4) is 0 Å². The molecule has 0 fully saturated rings. The maximum absolute atomic E-state index is 14.0. The number of benzene rings is 6. The third kappa shape index (κ3) is 4.75. The van der Waals surface area contributed by atoms with Gasteiger partial charge in [0, 0.05) is 32.8 Å². The Bertz CT molecular complexity index is 2520. The Morgan fingerprint density at radius 3 is 1.62 bits per heavy atom. The number of aromatic nitrogens is 3. The molecule has 0 atom stereocenters. The van der Waals surface area contributed by atoms with Crippen LogP contribution in [0.4, 0.5) is 18.9 Å². The van der Waals surface area contributed by atoms with Gasteiger partial charge in [0.05, 0.1) is 40.2 Å². The number of rotatable bonds is 4. The molecule has 0 amide bonds. The standard InChI is InChI=1S/C40H21F3N4/c1-44-33-22-29-34(40-39(33)46-37(24-10-4-2-5-11-24)38(47-40)25-12-6-3-7-13-25)28-14-8-9-15-32(28)45-36(29)26-18-16-23(17-19-26)27-20-30(41)35(43)31(42)21-27/h2-22H. The summed E-state index contributed by atoms with van der Waals surface area (Å²) in [6.07, 6.45) is 0. The molecule has 4 nitrogen and oxygen atoms in total. The first-order valence-electron chi connectivity index (χ1n) is 14.8. The first-order chi connectivity index (χ1) is 23.0. The smallest absolute Gasteiger partial charge is 0.215 e. The second-order valence-corrected chi connectivity index (χ2v) is 11.1. The summed E-state index contributed by atoms with van der Waals surface area (Å²) < 4.78 is 41.6. The number of halogens is 3. The monoisotopic (exact) mass is 614 g/mol. The molecule has 222 valence electrons. The van der Waals surface area contributed by atoms with Gasteiger partial charge in [0.25, 0.3) is 0 Å². The third-order valence-electron chi connectivity index (χ3n) is 8.28. The van der Waals surface area contributed by atoms with E-state index in [4.69, 9.17) is 21.5 Å². The van der Waals surface area contributed by atoms with E-state index in [1.54, 1.807) is 24.3 Å². The van der Waals surface area contributed by atoms with Gasteiger partial charge >= 0.3 is 0 Å². The van der Waals surface area contributed by atoms with E-state index < -0.39 is 17.5 Å². The Hall–Kier alpha value is -6.39. The normalized spacial score (nSPS) is 11.3. The first-order valence-corrected chi connectivity index (χ1v) is 14.8. The van der Waals surface area contributed by atoms with Crippen LogP contribution in [0.5, 0.6) is 0 Å². The minimum atomic E-state index is -1.51. The summed E-state index contributed by atoms with van der Waals surface area (Å²) in [6, 6.07) is 38.2. The highest BCUT2D eigenvalue weighted by atomic mass is 19.2. The zero-order valence-electron chi connectivity index (χ0n) is 24.5. The van der Waals surface area contributed by atoms with Gasteiger partial charge in [-0.2, -0.15) is 0 Å². The van der Waals surface area contributed by atoms with Crippen molar-refractivity contribution in [1.82, 2.24) is 15.0 Å². The molecule has 0 aliphatic heterocycles. The molecule has 8 aromatic rings. The van der Waals surface area contributed by atoms with Crippen LogP contribution >= 0.6 is 0 Å². The summed E-state index contributed by atoms with van der Waals surface area (Å²) in [5, 5.41) is 2.39. The van der Waals surface area contributed by atoms with Gasteiger partial charge in [-0.3, -0.25) is 4.98 Å². The molecule has 2 heterocycles. The minimum Gasteiger partial charge on any atom is -0.255 e. The van der Waals surface area contributed by atoms with Gasteiger partial charge in [0.15, 0.2) is 17.5 Å². The molecular weight excluding hydrogens is 593 g/mol. The summed E-state index contributed by atoms with van der Waals surface area (Å²) in [5.74, 6) is -4.01. The van der Waals surface area contributed by atoms with Gasteiger partial charge in [-0.25, -0.2) is 28.0 Å². The predicted molar refractivity (Wildman–Crippen MR) is 180 cm³/mol.